The van der Waals surface area contributed by atoms with Gasteiger partial charge in [-0.1, -0.05) is 12.1 Å². The van der Waals surface area contributed by atoms with Crippen LogP contribution in [0.15, 0.2) is 46.2 Å². The molecule has 3 heterocycles. The molecule has 7 nitrogen and oxygen atoms in total. The van der Waals surface area contributed by atoms with Crippen molar-refractivity contribution in [1.29, 1.82) is 0 Å². The van der Waals surface area contributed by atoms with E-state index in [0.717, 1.165) is 24.2 Å². The molecule has 1 aliphatic rings. The zero-order chi connectivity index (χ0) is 18.6. The highest BCUT2D eigenvalue weighted by Crippen LogP contribution is 2.30. The van der Waals surface area contributed by atoms with Crippen LogP contribution < -0.4 is 5.32 Å². The van der Waals surface area contributed by atoms with E-state index in [2.05, 4.69) is 10.3 Å². The molecule has 0 bridgehead atoms. The number of thiophene rings is 1. The fourth-order valence-corrected chi connectivity index (χ4v) is 5.71. The summed E-state index contributed by atoms with van der Waals surface area (Å²) >= 11 is 1.12. The summed E-state index contributed by atoms with van der Waals surface area (Å²) in [5.41, 5.74) is 0.467. The predicted molar refractivity (Wildman–Crippen MR) is 97.3 cm³/mol. The maximum atomic E-state index is 13.0. The van der Waals surface area contributed by atoms with E-state index in [-0.39, 0.29) is 10.8 Å². The summed E-state index contributed by atoms with van der Waals surface area (Å²) in [6.07, 6.45) is 4.77. The number of sulfone groups is 1. The Morgan fingerprint density at radius 1 is 1.23 bits per heavy atom. The minimum atomic E-state index is -3.71. The van der Waals surface area contributed by atoms with Crippen molar-refractivity contribution in [2.75, 3.05) is 19.6 Å². The summed E-state index contributed by atoms with van der Waals surface area (Å²) < 4.78 is 26.2. The third kappa shape index (κ3) is 3.94. The largest absolute Gasteiger partial charge is 0.346 e. The highest BCUT2D eigenvalue weighted by Gasteiger charge is 2.32. The van der Waals surface area contributed by atoms with Gasteiger partial charge in [0.1, 0.15) is 9.46 Å². The minimum absolute atomic E-state index is 0.190. The molecule has 1 aliphatic heterocycles. The van der Waals surface area contributed by atoms with Crippen molar-refractivity contribution in [3.8, 4) is 0 Å². The number of carbonyl (C=O) groups is 2. The molecular formula is C17H19N3O4S2. The maximum absolute atomic E-state index is 13.0. The van der Waals surface area contributed by atoms with Gasteiger partial charge in [-0.05, 0) is 35.9 Å². The van der Waals surface area contributed by atoms with Gasteiger partial charge in [-0.2, -0.15) is 0 Å². The number of nitrogens with one attached hydrogen (secondary N) is 1. The number of rotatable bonds is 5. The third-order valence-corrected chi connectivity index (χ3v) is 7.77. The molecule has 2 aromatic heterocycles. The smallest absolute Gasteiger partial charge is 0.311 e. The topological polar surface area (TPSA) is 96.4 Å². The van der Waals surface area contributed by atoms with Gasteiger partial charge in [0.05, 0.1) is 0 Å². The summed E-state index contributed by atoms with van der Waals surface area (Å²) in [5, 5.41) is 3.17. The van der Waals surface area contributed by atoms with Gasteiger partial charge >= 0.3 is 11.8 Å². The number of pyridine rings is 1. The van der Waals surface area contributed by atoms with Gasteiger partial charge in [0.2, 0.25) is 0 Å². The van der Waals surface area contributed by atoms with Crippen LogP contribution in [0, 0.1) is 0 Å². The number of hydrogen-bond acceptors (Lipinski definition) is 6. The average Bonchev–Trinajstić information content (AvgIpc) is 3.35. The van der Waals surface area contributed by atoms with Crippen LogP contribution in [0.2, 0.25) is 0 Å². The van der Waals surface area contributed by atoms with Crippen LogP contribution in [0.25, 0.3) is 0 Å². The summed E-state index contributed by atoms with van der Waals surface area (Å²) in [6, 6.07) is 6.48. The minimum Gasteiger partial charge on any atom is -0.346 e. The molecule has 0 radical (unpaired) electrons. The Labute approximate surface area is 156 Å². The van der Waals surface area contributed by atoms with E-state index < -0.39 is 26.9 Å². The van der Waals surface area contributed by atoms with E-state index in [0.29, 0.717) is 18.7 Å². The van der Waals surface area contributed by atoms with E-state index in [4.69, 9.17) is 0 Å². The molecule has 0 spiro atoms. The highest BCUT2D eigenvalue weighted by molar-refractivity contribution is 7.93. The van der Waals surface area contributed by atoms with Gasteiger partial charge in [-0.15, -0.1) is 11.3 Å². The molecule has 0 unspecified atom stereocenters. The van der Waals surface area contributed by atoms with Crippen molar-refractivity contribution < 1.29 is 18.0 Å². The van der Waals surface area contributed by atoms with Gasteiger partial charge in [0.15, 0.2) is 9.84 Å². The van der Waals surface area contributed by atoms with Gasteiger partial charge in [-0.25, -0.2) is 8.42 Å². The highest BCUT2D eigenvalue weighted by atomic mass is 32.2. The first-order chi connectivity index (χ1) is 12.5. The van der Waals surface area contributed by atoms with Gasteiger partial charge in [0, 0.05) is 32.0 Å². The zero-order valence-corrected chi connectivity index (χ0v) is 15.6. The Morgan fingerprint density at radius 3 is 2.62 bits per heavy atom. The standard InChI is InChI=1S/C17H19N3O4S2/c21-16(17(22)20-8-1-2-9-20)19-12-14(13-5-3-7-18-11-13)26(23,24)15-6-4-10-25-15/h3-7,10-11,14H,1-2,8-9,12H2,(H,19,21)/t14-/m0/s1. The van der Waals surface area contributed by atoms with Crippen molar-refractivity contribution in [3.63, 3.8) is 0 Å². The predicted octanol–water partition coefficient (Wildman–Crippen LogP) is 1.40. The Kier molecular flexibility index (Phi) is 5.67. The Balaban J connectivity index is 1.79. The number of hydrogen-bond donors (Lipinski definition) is 1. The quantitative estimate of drug-likeness (QED) is 0.775. The number of nitrogens with zero attached hydrogens (tertiary/aromatic N) is 2. The van der Waals surface area contributed by atoms with Gasteiger partial charge < -0.3 is 10.2 Å². The molecule has 26 heavy (non-hydrogen) atoms. The SMILES string of the molecule is O=C(NC[C@@H](c1cccnc1)S(=O)(=O)c1cccs1)C(=O)N1CCCC1. The van der Waals surface area contributed by atoms with E-state index in [1.807, 2.05) is 0 Å². The number of likely N-dealkylation sites (tertiary alicyclic amines) is 1. The molecule has 0 aromatic carbocycles. The Hall–Kier alpha value is -2.26. The molecule has 3 rings (SSSR count). The lowest BCUT2D eigenvalue weighted by molar-refractivity contribution is -0.145. The van der Waals surface area contributed by atoms with E-state index in [1.54, 1.807) is 29.8 Å². The van der Waals surface area contributed by atoms with Crippen LogP contribution in [-0.4, -0.2) is 49.8 Å². The van der Waals surface area contributed by atoms with E-state index >= 15 is 0 Å². The van der Waals surface area contributed by atoms with Crippen molar-refractivity contribution in [2.24, 2.45) is 0 Å². The normalized spacial score (nSPS) is 15.6. The van der Waals surface area contributed by atoms with E-state index in [9.17, 15) is 18.0 Å². The first-order valence-corrected chi connectivity index (χ1v) is 10.7. The third-order valence-electron chi connectivity index (χ3n) is 4.24. The summed E-state index contributed by atoms with van der Waals surface area (Å²) in [6.45, 7) is 0.932. The van der Waals surface area contributed by atoms with Crippen LogP contribution in [-0.2, 0) is 19.4 Å². The van der Waals surface area contributed by atoms with Crippen molar-refractivity contribution >= 4 is 33.0 Å². The fourth-order valence-electron chi connectivity index (χ4n) is 2.86. The second-order valence-corrected chi connectivity index (χ2v) is 9.27. The molecule has 9 heteroatoms. The van der Waals surface area contributed by atoms with Gasteiger partial charge in [0.25, 0.3) is 0 Å². The molecular weight excluding hydrogens is 374 g/mol. The molecule has 1 saturated heterocycles. The van der Waals surface area contributed by atoms with Crippen molar-refractivity contribution in [1.82, 2.24) is 15.2 Å². The lowest BCUT2D eigenvalue weighted by Gasteiger charge is -2.19. The lowest BCUT2D eigenvalue weighted by Crippen LogP contribution is -2.43. The molecule has 2 amide bonds. The first kappa shape index (κ1) is 18.5. The average molecular weight is 393 g/mol. The van der Waals surface area contributed by atoms with Crippen LogP contribution in [0.4, 0.5) is 0 Å². The Bertz CT molecular complexity index is 861. The second-order valence-electron chi connectivity index (χ2n) is 5.96. The summed E-state index contributed by atoms with van der Waals surface area (Å²) in [4.78, 5) is 29.8. The molecule has 1 atom stereocenters. The molecule has 0 aliphatic carbocycles. The number of carbonyl (C=O) groups excluding carboxylic acids is 2. The molecule has 0 saturated carbocycles. The fraction of sp³-hybridized carbons (Fsp3) is 0.353. The van der Waals surface area contributed by atoms with Crippen LogP contribution in [0.5, 0.6) is 0 Å². The van der Waals surface area contributed by atoms with Crippen molar-refractivity contribution in [2.45, 2.75) is 22.3 Å². The molecule has 2 aromatic rings. The molecule has 1 N–H and O–H groups in total. The van der Waals surface area contributed by atoms with Crippen LogP contribution in [0.3, 0.4) is 0 Å². The van der Waals surface area contributed by atoms with E-state index in [1.165, 1.54) is 17.2 Å². The Morgan fingerprint density at radius 2 is 2.00 bits per heavy atom. The summed E-state index contributed by atoms with van der Waals surface area (Å²) in [7, 11) is -3.71. The number of amides is 2. The summed E-state index contributed by atoms with van der Waals surface area (Å²) in [5.74, 6) is -1.39. The van der Waals surface area contributed by atoms with Crippen LogP contribution >= 0.6 is 11.3 Å². The monoisotopic (exact) mass is 393 g/mol. The lowest BCUT2D eigenvalue weighted by atomic mass is 10.2. The van der Waals surface area contributed by atoms with Crippen LogP contribution in [0.1, 0.15) is 23.7 Å². The second kappa shape index (κ2) is 7.96. The van der Waals surface area contributed by atoms with Gasteiger partial charge in [-0.3, -0.25) is 14.6 Å². The van der Waals surface area contributed by atoms with Crippen molar-refractivity contribution in [3.05, 3.63) is 47.6 Å². The number of aromatic nitrogens is 1. The maximum Gasteiger partial charge on any atom is 0.311 e. The first-order valence-electron chi connectivity index (χ1n) is 8.24. The molecule has 138 valence electrons. The molecule has 1 fully saturated rings. The zero-order valence-electron chi connectivity index (χ0n) is 14.0.